The number of anilines is 1. The Morgan fingerprint density at radius 1 is 1.22 bits per heavy atom. The van der Waals surface area contributed by atoms with Gasteiger partial charge >= 0.3 is 0 Å². The average molecular weight is 399 g/mol. The molecule has 27 heavy (non-hydrogen) atoms. The molecule has 5 nitrogen and oxygen atoms in total. The van der Waals surface area contributed by atoms with Crippen LogP contribution >= 0.6 is 12.4 Å². The molecule has 0 unspecified atom stereocenters. The standard InChI is InChI=1S/C21H34N2O3.ClH/c1-17(2)26-12-11-25-15-18-7-6-8-19(13-18)23-20(24)14-21(16-22)9-4-3-5-10-21;/h6-8,13,17H,3-5,9-12,14-16,22H2,1-2H3,(H,23,24);1H. The molecular formula is C21H35ClN2O3. The third kappa shape index (κ3) is 8.60. The zero-order valence-corrected chi connectivity index (χ0v) is 17.5. The molecule has 0 aliphatic heterocycles. The van der Waals surface area contributed by atoms with E-state index < -0.39 is 0 Å². The highest BCUT2D eigenvalue weighted by atomic mass is 35.5. The Bertz CT molecular complexity index is 560. The summed E-state index contributed by atoms with van der Waals surface area (Å²) < 4.78 is 11.1. The van der Waals surface area contributed by atoms with Crippen LogP contribution in [0.5, 0.6) is 0 Å². The monoisotopic (exact) mass is 398 g/mol. The van der Waals surface area contributed by atoms with E-state index in [1.54, 1.807) is 0 Å². The van der Waals surface area contributed by atoms with Crippen molar-refractivity contribution in [2.45, 2.75) is 65.1 Å². The Labute approximate surface area is 169 Å². The van der Waals surface area contributed by atoms with Crippen LogP contribution in [0.25, 0.3) is 0 Å². The summed E-state index contributed by atoms with van der Waals surface area (Å²) in [5.74, 6) is 0.0563. The summed E-state index contributed by atoms with van der Waals surface area (Å²) in [5.41, 5.74) is 7.84. The number of benzene rings is 1. The van der Waals surface area contributed by atoms with E-state index in [1.165, 1.54) is 19.3 Å². The molecule has 2 rings (SSSR count). The van der Waals surface area contributed by atoms with E-state index in [0.717, 1.165) is 24.1 Å². The Hall–Kier alpha value is -1.14. The molecular weight excluding hydrogens is 364 g/mol. The number of nitrogens with one attached hydrogen (secondary N) is 1. The third-order valence-corrected chi connectivity index (χ3v) is 5.04. The van der Waals surface area contributed by atoms with E-state index in [4.69, 9.17) is 15.2 Å². The van der Waals surface area contributed by atoms with Crippen molar-refractivity contribution >= 4 is 24.0 Å². The summed E-state index contributed by atoms with van der Waals surface area (Å²) in [6, 6.07) is 7.83. The van der Waals surface area contributed by atoms with E-state index in [-0.39, 0.29) is 29.8 Å². The van der Waals surface area contributed by atoms with Crippen molar-refractivity contribution in [1.29, 1.82) is 0 Å². The largest absolute Gasteiger partial charge is 0.376 e. The van der Waals surface area contributed by atoms with E-state index in [9.17, 15) is 4.79 Å². The molecule has 1 amide bonds. The number of carbonyl (C=O) groups excluding carboxylic acids is 1. The van der Waals surface area contributed by atoms with E-state index >= 15 is 0 Å². The predicted octanol–water partition coefficient (Wildman–Crippen LogP) is 4.29. The molecule has 0 heterocycles. The highest BCUT2D eigenvalue weighted by Crippen LogP contribution is 2.38. The average Bonchev–Trinajstić information content (AvgIpc) is 2.62. The van der Waals surface area contributed by atoms with Crippen LogP contribution in [0.15, 0.2) is 24.3 Å². The number of amides is 1. The number of hydrogen-bond donors (Lipinski definition) is 2. The molecule has 1 aliphatic rings. The maximum absolute atomic E-state index is 12.5. The van der Waals surface area contributed by atoms with Crippen molar-refractivity contribution in [3.05, 3.63) is 29.8 Å². The molecule has 6 heteroatoms. The first kappa shape index (κ1) is 23.9. The Morgan fingerprint density at radius 3 is 2.63 bits per heavy atom. The number of nitrogens with two attached hydrogens (primary N) is 1. The zero-order chi connectivity index (χ0) is 18.8. The smallest absolute Gasteiger partial charge is 0.224 e. The minimum absolute atomic E-state index is 0. The molecule has 1 aliphatic carbocycles. The molecule has 1 aromatic rings. The van der Waals surface area contributed by atoms with Gasteiger partial charge in [0.05, 0.1) is 25.9 Å². The van der Waals surface area contributed by atoms with Gasteiger partial charge < -0.3 is 20.5 Å². The van der Waals surface area contributed by atoms with Gasteiger partial charge in [0.2, 0.25) is 5.91 Å². The van der Waals surface area contributed by atoms with Crippen molar-refractivity contribution in [3.8, 4) is 0 Å². The number of ether oxygens (including phenoxy) is 2. The van der Waals surface area contributed by atoms with E-state index in [2.05, 4.69) is 5.32 Å². The number of rotatable bonds is 10. The van der Waals surface area contributed by atoms with Crippen molar-refractivity contribution in [3.63, 3.8) is 0 Å². The first-order valence-corrected chi connectivity index (χ1v) is 9.81. The van der Waals surface area contributed by atoms with Crippen molar-refractivity contribution < 1.29 is 14.3 Å². The molecule has 154 valence electrons. The highest BCUT2D eigenvalue weighted by molar-refractivity contribution is 5.91. The first-order valence-electron chi connectivity index (χ1n) is 9.81. The van der Waals surface area contributed by atoms with Crippen LogP contribution in [0.3, 0.4) is 0 Å². The van der Waals surface area contributed by atoms with Crippen molar-refractivity contribution in [2.24, 2.45) is 11.1 Å². The topological polar surface area (TPSA) is 73.6 Å². The number of carbonyl (C=O) groups is 1. The minimum Gasteiger partial charge on any atom is -0.376 e. The SMILES string of the molecule is CC(C)OCCOCc1cccc(NC(=O)CC2(CN)CCCCC2)c1.Cl. The lowest BCUT2D eigenvalue weighted by atomic mass is 9.71. The van der Waals surface area contributed by atoms with Gasteiger partial charge in [0.1, 0.15) is 0 Å². The molecule has 1 fully saturated rings. The van der Waals surface area contributed by atoms with Gasteiger partial charge in [-0.2, -0.15) is 0 Å². The van der Waals surface area contributed by atoms with Crippen LogP contribution in [0.4, 0.5) is 5.69 Å². The Kier molecular flexibility index (Phi) is 10.9. The maximum Gasteiger partial charge on any atom is 0.224 e. The van der Waals surface area contributed by atoms with Gasteiger partial charge in [0, 0.05) is 12.1 Å². The minimum atomic E-state index is -0.0144. The second-order valence-electron chi connectivity index (χ2n) is 7.66. The number of hydrogen-bond acceptors (Lipinski definition) is 4. The summed E-state index contributed by atoms with van der Waals surface area (Å²) in [6.45, 7) is 6.27. The zero-order valence-electron chi connectivity index (χ0n) is 16.7. The fourth-order valence-corrected chi connectivity index (χ4v) is 3.57. The normalized spacial score (nSPS) is 16.0. The molecule has 0 bridgehead atoms. The Balaban J connectivity index is 0.00000364. The lowest BCUT2D eigenvalue weighted by Gasteiger charge is -2.35. The second-order valence-corrected chi connectivity index (χ2v) is 7.66. The molecule has 0 saturated heterocycles. The fourth-order valence-electron chi connectivity index (χ4n) is 3.57. The molecule has 0 aromatic heterocycles. The van der Waals surface area contributed by atoms with Gasteiger partial charge in [-0.05, 0) is 56.3 Å². The lowest BCUT2D eigenvalue weighted by molar-refractivity contribution is -0.118. The molecule has 1 saturated carbocycles. The lowest BCUT2D eigenvalue weighted by Crippen LogP contribution is -2.36. The van der Waals surface area contributed by atoms with Crippen LogP contribution in [0, 0.1) is 5.41 Å². The van der Waals surface area contributed by atoms with Gasteiger partial charge in [-0.15, -0.1) is 12.4 Å². The van der Waals surface area contributed by atoms with Gasteiger partial charge in [-0.25, -0.2) is 0 Å². The second kappa shape index (κ2) is 12.3. The molecule has 0 radical (unpaired) electrons. The highest BCUT2D eigenvalue weighted by Gasteiger charge is 2.32. The van der Waals surface area contributed by atoms with Crippen molar-refractivity contribution in [1.82, 2.24) is 0 Å². The van der Waals surface area contributed by atoms with Crippen molar-refractivity contribution in [2.75, 3.05) is 25.1 Å². The Morgan fingerprint density at radius 2 is 1.96 bits per heavy atom. The predicted molar refractivity (Wildman–Crippen MR) is 112 cm³/mol. The number of halogens is 1. The maximum atomic E-state index is 12.5. The van der Waals surface area contributed by atoms with E-state index in [1.807, 2.05) is 38.1 Å². The summed E-state index contributed by atoms with van der Waals surface area (Å²) in [6.07, 6.45) is 6.46. The quantitative estimate of drug-likeness (QED) is 0.576. The molecule has 0 atom stereocenters. The summed E-state index contributed by atoms with van der Waals surface area (Å²) in [7, 11) is 0. The first-order chi connectivity index (χ1) is 12.5. The summed E-state index contributed by atoms with van der Waals surface area (Å²) in [4.78, 5) is 12.5. The fraction of sp³-hybridized carbons (Fsp3) is 0.667. The molecule has 3 N–H and O–H groups in total. The van der Waals surface area contributed by atoms with Gasteiger partial charge in [0.25, 0.3) is 0 Å². The van der Waals surface area contributed by atoms with Crippen LogP contribution in [-0.4, -0.2) is 31.8 Å². The van der Waals surface area contributed by atoms with E-state index in [0.29, 0.717) is 32.8 Å². The van der Waals surface area contributed by atoms with Crippen LogP contribution < -0.4 is 11.1 Å². The third-order valence-electron chi connectivity index (χ3n) is 5.04. The summed E-state index contributed by atoms with van der Waals surface area (Å²) in [5, 5.41) is 3.03. The van der Waals surface area contributed by atoms with Gasteiger partial charge in [0.15, 0.2) is 0 Å². The van der Waals surface area contributed by atoms with Crippen LogP contribution in [-0.2, 0) is 20.9 Å². The van der Waals surface area contributed by atoms with Crippen LogP contribution in [0.2, 0.25) is 0 Å². The summed E-state index contributed by atoms with van der Waals surface area (Å²) >= 11 is 0. The van der Waals surface area contributed by atoms with Gasteiger partial charge in [-0.3, -0.25) is 4.79 Å². The van der Waals surface area contributed by atoms with Gasteiger partial charge in [-0.1, -0.05) is 31.4 Å². The molecule has 0 spiro atoms. The molecule has 1 aromatic carbocycles. The van der Waals surface area contributed by atoms with Crippen LogP contribution in [0.1, 0.15) is 57.9 Å².